The summed E-state index contributed by atoms with van der Waals surface area (Å²) in [6.07, 6.45) is 4.33. The van der Waals surface area contributed by atoms with Crippen LogP contribution in [0.2, 0.25) is 0 Å². The Morgan fingerprint density at radius 2 is 1.88 bits per heavy atom. The van der Waals surface area contributed by atoms with Crippen LogP contribution in [0.1, 0.15) is 58.1 Å². The Morgan fingerprint density at radius 3 is 2.65 bits per heavy atom. The van der Waals surface area contributed by atoms with Crippen molar-refractivity contribution in [2.24, 2.45) is 11.3 Å². The second-order valence-corrected chi connectivity index (χ2v) is 12.0. The van der Waals surface area contributed by atoms with Crippen molar-refractivity contribution >= 4 is 29.5 Å². The molecule has 1 unspecified atom stereocenters. The van der Waals surface area contributed by atoms with Gasteiger partial charge in [0.2, 0.25) is 11.8 Å². The van der Waals surface area contributed by atoms with Crippen LogP contribution in [0.4, 0.5) is 5.69 Å². The van der Waals surface area contributed by atoms with Crippen LogP contribution in [0.3, 0.4) is 0 Å². The molecule has 1 aromatic carbocycles. The predicted octanol–water partition coefficient (Wildman–Crippen LogP) is 1.71. The van der Waals surface area contributed by atoms with E-state index in [4.69, 9.17) is 4.74 Å². The molecule has 1 aromatic rings. The Hall–Kier alpha value is -2.87. The largest absolute Gasteiger partial charge is 0.483 e. The third kappa shape index (κ3) is 1.80. The van der Waals surface area contributed by atoms with E-state index in [0.29, 0.717) is 36.4 Å². The lowest BCUT2D eigenvalue weighted by Gasteiger charge is -2.59. The van der Waals surface area contributed by atoms with Gasteiger partial charge in [0.25, 0.3) is 5.91 Å². The highest BCUT2D eigenvalue weighted by molar-refractivity contribution is 6.13. The number of carbonyl (C=O) groups is 3. The van der Waals surface area contributed by atoms with E-state index in [-0.39, 0.29) is 23.6 Å². The number of hydrogen-bond donors (Lipinski definition) is 3. The molecule has 34 heavy (non-hydrogen) atoms. The molecule has 0 aromatic heterocycles. The summed E-state index contributed by atoms with van der Waals surface area (Å²) in [4.78, 5) is 43.0. The van der Waals surface area contributed by atoms with Crippen molar-refractivity contribution in [3.8, 4) is 5.75 Å². The minimum atomic E-state index is -1.52. The number of hydrogen-bond acceptors (Lipinski definition) is 5. The van der Waals surface area contributed by atoms with Gasteiger partial charge in [0.1, 0.15) is 33.9 Å². The smallest absolute Gasteiger partial charge is 0.252 e. The third-order valence-electron chi connectivity index (χ3n) is 9.90. The van der Waals surface area contributed by atoms with Crippen LogP contribution < -0.4 is 15.4 Å². The first-order valence-corrected chi connectivity index (χ1v) is 12.1. The molecule has 1 aliphatic carbocycles. The van der Waals surface area contributed by atoms with Gasteiger partial charge in [0.15, 0.2) is 0 Å². The lowest BCUT2D eigenvalue weighted by atomic mass is 9.57. The number of aliphatic hydroxyl groups is 1. The van der Waals surface area contributed by atoms with Crippen molar-refractivity contribution in [2.75, 3.05) is 11.9 Å². The van der Waals surface area contributed by atoms with E-state index in [9.17, 15) is 19.5 Å². The Morgan fingerprint density at radius 1 is 1.12 bits per heavy atom. The second kappa shape index (κ2) is 5.51. The van der Waals surface area contributed by atoms with Crippen LogP contribution in [-0.4, -0.2) is 57.1 Å². The maximum atomic E-state index is 14.0. The van der Waals surface area contributed by atoms with Crippen molar-refractivity contribution in [2.45, 2.75) is 75.2 Å². The van der Waals surface area contributed by atoms with Crippen molar-refractivity contribution in [3.63, 3.8) is 0 Å². The van der Waals surface area contributed by atoms with Gasteiger partial charge in [-0.25, -0.2) is 0 Å². The molecule has 6 aliphatic heterocycles. The zero-order chi connectivity index (χ0) is 24.1. The summed E-state index contributed by atoms with van der Waals surface area (Å²) in [5.74, 6) is -0.501. The van der Waals surface area contributed by atoms with Crippen LogP contribution in [0, 0.1) is 11.3 Å². The van der Waals surface area contributed by atoms with Gasteiger partial charge in [-0.15, -0.1) is 0 Å². The second-order valence-electron chi connectivity index (χ2n) is 12.0. The average molecular weight is 464 g/mol. The molecule has 3 N–H and O–H groups in total. The fourth-order valence-electron chi connectivity index (χ4n) is 8.37. The van der Waals surface area contributed by atoms with Gasteiger partial charge in [-0.05, 0) is 62.3 Å². The molecule has 1 saturated carbocycles. The van der Waals surface area contributed by atoms with E-state index in [2.05, 4.69) is 10.6 Å². The zero-order valence-electron chi connectivity index (χ0n) is 19.8. The maximum Gasteiger partial charge on any atom is 0.252 e. The highest BCUT2D eigenvalue weighted by Gasteiger charge is 2.85. The van der Waals surface area contributed by atoms with Crippen molar-refractivity contribution in [3.05, 3.63) is 29.3 Å². The summed E-state index contributed by atoms with van der Waals surface area (Å²) in [5, 5.41) is 18.2. The molecule has 2 bridgehead atoms. The van der Waals surface area contributed by atoms with Gasteiger partial charge in [-0.2, -0.15) is 0 Å². The molecular formula is C26H29N3O5. The predicted molar refractivity (Wildman–Crippen MR) is 123 cm³/mol. The summed E-state index contributed by atoms with van der Waals surface area (Å²) in [6, 6.07) is 3.69. The van der Waals surface area contributed by atoms with Crippen LogP contribution >= 0.6 is 0 Å². The van der Waals surface area contributed by atoms with Crippen LogP contribution in [-0.2, 0) is 19.8 Å². The Balaban J connectivity index is 1.47. The molecule has 4 saturated heterocycles. The number of piperidine rings is 2. The quantitative estimate of drug-likeness (QED) is 0.543. The highest BCUT2D eigenvalue weighted by atomic mass is 16.5. The Bertz CT molecular complexity index is 1270. The molecule has 0 radical (unpaired) electrons. The van der Waals surface area contributed by atoms with Crippen molar-refractivity contribution < 1.29 is 24.2 Å². The number of ether oxygens (including phenoxy) is 1. The summed E-state index contributed by atoms with van der Waals surface area (Å²) < 4.78 is 6.11. The number of nitrogens with one attached hydrogen (secondary N) is 2. The first-order valence-electron chi connectivity index (χ1n) is 12.1. The van der Waals surface area contributed by atoms with Crippen LogP contribution in [0.25, 0.3) is 6.08 Å². The molecule has 5 fully saturated rings. The maximum absolute atomic E-state index is 14.0. The number of aliphatic hydroxyl groups excluding tert-OH is 1. The van der Waals surface area contributed by atoms with Crippen LogP contribution in [0.15, 0.2) is 18.2 Å². The van der Waals surface area contributed by atoms with Gasteiger partial charge < -0.3 is 25.4 Å². The number of nitrogens with zero attached hydrogens (tertiary/aromatic N) is 1. The standard InChI is InChI=1S/C26H29N3O5/c1-22(2)10-8-13-15(34-22)7-6-14-17(13)27-20(32)25(14)18(30)26-16(23(25,3)4)12-24(19(31)28-26)9-5-11-29(24)21(26)33/h6-8,10,16,18,30H,5,9,11-12H2,1-4H3,(H,27,32)(H,28,31)/t16-,18-,24-,25?,26+/m0/s1. The number of piperazine rings is 1. The fraction of sp³-hybridized carbons (Fsp3) is 0.577. The Kier molecular flexibility index (Phi) is 3.32. The van der Waals surface area contributed by atoms with Gasteiger partial charge in [-0.1, -0.05) is 19.9 Å². The number of anilines is 1. The summed E-state index contributed by atoms with van der Waals surface area (Å²) in [6.45, 7) is 8.37. The fourth-order valence-corrected chi connectivity index (χ4v) is 8.37. The normalized spacial score (nSPS) is 41.6. The third-order valence-corrected chi connectivity index (χ3v) is 9.90. The monoisotopic (exact) mass is 463 g/mol. The first-order chi connectivity index (χ1) is 15.9. The van der Waals surface area contributed by atoms with Gasteiger partial charge in [0, 0.05) is 18.0 Å². The molecule has 8 rings (SSSR count). The minimum absolute atomic E-state index is 0.199. The Labute approximate surface area is 197 Å². The average Bonchev–Trinajstić information content (AvgIpc) is 3.37. The lowest BCUT2D eigenvalue weighted by molar-refractivity contribution is -0.180. The highest BCUT2D eigenvalue weighted by Crippen LogP contribution is 2.70. The summed E-state index contributed by atoms with van der Waals surface area (Å²) in [7, 11) is 0. The van der Waals surface area contributed by atoms with E-state index in [1.807, 2.05) is 52.0 Å². The number of amides is 3. The number of benzene rings is 1. The first kappa shape index (κ1) is 20.5. The molecule has 8 heteroatoms. The van der Waals surface area contributed by atoms with Gasteiger partial charge in [-0.3, -0.25) is 14.4 Å². The zero-order valence-corrected chi connectivity index (χ0v) is 19.8. The van der Waals surface area contributed by atoms with Crippen LogP contribution in [0.5, 0.6) is 5.75 Å². The van der Waals surface area contributed by atoms with E-state index in [1.165, 1.54) is 0 Å². The van der Waals surface area contributed by atoms with E-state index in [1.54, 1.807) is 4.90 Å². The molecular weight excluding hydrogens is 434 g/mol. The number of fused-ring (bicyclic) bond motifs is 5. The summed E-state index contributed by atoms with van der Waals surface area (Å²) >= 11 is 0. The molecule has 7 aliphatic rings. The van der Waals surface area contributed by atoms with Gasteiger partial charge >= 0.3 is 0 Å². The van der Waals surface area contributed by atoms with E-state index in [0.717, 1.165) is 12.0 Å². The molecule has 6 heterocycles. The molecule has 178 valence electrons. The number of carbonyl (C=O) groups excluding carboxylic acids is 3. The van der Waals surface area contributed by atoms with E-state index >= 15 is 0 Å². The van der Waals surface area contributed by atoms with Crippen molar-refractivity contribution in [1.82, 2.24) is 10.2 Å². The minimum Gasteiger partial charge on any atom is -0.483 e. The molecule has 5 atom stereocenters. The van der Waals surface area contributed by atoms with Crippen molar-refractivity contribution in [1.29, 1.82) is 0 Å². The lowest BCUT2D eigenvalue weighted by Crippen LogP contribution is -2.83. The molecule has 8 nitrogen and oxygen atoms in total. The van der Waals surface area contributed by atoms with E-state index < -0.39 is 33.6 Å². The SMILES string of the molecule is CC1(C)C=Cc2c(ccc3c2NC(=O)C32[C@H](O)[C@@]34NC(=O)[C@]5(CCCN5C3=O)C[C@H]4C2(C)C)O1. The van der Waals surface area contributed by atoms with Gasteiger partial charge in [0.05, 0.1) is 5.69 Å². The number of rotatable bonds is 0. The summed E-state index contributed by atoms with van der Waals surface area (Å²) in [5.41, 5.74) is -3.02. The molecule has 3 spiro atoms. The molecule has 3 amide bonds. The topological polar surface area (TPSA) is 108 Å².